The summed E-state index contributed by atoms with van der Waals surface area (Å²) in [7, 11) is 1.75. The highest BCUT2D eigenvalue weighted by Gasteiger charge is 2.19. The molecular formula is C11H21NO3. The van der Waals surface area contributed by atoms with E-state index < -0.39 is 0 Å². The van der Waals surface area contributed by atoms with Gasteiger partial charge in [-0.3, -0.25) is 0 Å². The molecule has 0 saturated carbocycles. The summed E-state index contributed by atoms with van der Waals surface area (Å²) in [6, 6.07) is 0. The summed E-state index contributed by atoms with van der Waals surface area (Å²) in [5.41, 5.74) is 0. The van der Waals surface area contributed by atoms with Gasteiger partial charge in [-0.1, -0.05) is 0 Å². The van der Waals surface area contributed by atoms with Gasteiger partial charge >= 0.3 is 6.09 Å². The van der Waals surface area contributed by atoms with E-state index in [9.17, 15) is 4.79 Å². The molecule has 1 amide bonds. The zero-order chi connectivity index (χ0) is 11.3. The van der Waals surface area contributed by atoms with Crippen molar-refractivity contribution in [3.05, 3.63) is 0 Å². The Bertz CT molecular complexity index is 200. The van der Waals surface area contributed by atoms with Gasteiger partial charge in [0.2, 0.25) is 0 Å². The van der Waals surface area contributed by atoms with E-state index in [0.717, 1.165) is 19.4 Å². The maximum Gasteiger partial charge on any atom is 0.409 e. The largest absolute Gasteiger partial charge is 0.447 e. The van der Waals surface area contributed by atoms with Crippen molar-refractivity contribution in [1.29, 1.82) is 0 Å². The summed E-state index contributed by atoms with van der Waals surface area (Å²) >= 11 is 0. The average Bonchev–Trinajstić information content (AvgIpc) is 2.18. The first-order chi connectivity index (χ1) is 7.09. The monoisotopic (exact) mass is 215 g/mol. The predicted octanol–water partition coefficient (Wildman–Crippen LogP) is 2.03. The van der Waals surface area contributed by atoms with Crippen molar-refractivity contribution in [3.63, 3.8) is 0 Å². The Labute approximate surface area is 91.5 Å². The van der Waals surface area contributed by atoms with E-state index in [2.05, 4.69) is 0 Å². The third kappa shape index (κ3) is 4.51. The van der Waals surface area contributed by atoms with Gasteiger partial charge in [0.25, 0.3) is 0 Å². The van der Waals surface area contributed by atoms with Crippen LogP contribution in [-0.2, 0) is 9.47 Å². The first kappa shape index (κ1) is 12.3. The number of amides is 1. The molecule has 1 fully saturated rings. The van der Waals surface area contributed by atoms with Gasteiger partial charge in [-0.05, 0) is 33.1 Å². The second kappa shape index (κ2) is 5.95. The molecule has 15 heavy (non-hydrogen) atoms. The van der Waals surface area contributed by atoms with Gasteiger partial charge in [-0.2, -0.15) is 0 Å². The number of rotatable bonds is 3. The van der Waals surface area contributed by atoms with Gasteiger partial charge in [0, 0.05) is 20.2 Å². The Morgan fingerprint density at radius 2 is 2.27 bits per heavy atom. The van der Waals surface area contributed by atoms with Gasteiger partial charge in [0.1, 0.15) is 0 Å². The van der Waals surface area contributed by atoms with Crippen molar-refractivity contribution < 1.29 is 14.3 Å². The fourth-order valence-corrected chi connectivity index (χ4v) is 1.62. The van der Waals surface area contributed by atoms with Crippen molar-refractivity contribution in [3.8, 4) is 0 Å². The van der Waals surface area contributed by atoms with Gasteiger partial charge in [-0.15, -0.1) is 0 Å². The predicted molar refractivity (Wildman–Crippen MR) is 57.8 cm³/mol. The van der Waals surface area contributed by atoms with Crippen molar-refractivity contribution in [2.45, 2.75) is 45.3 Å². The molecule has 0 aromatic carbocycles. The molecule has 0 aromatic rings. The van der Waals surface area contributed by atoms with Crippen LogP contribution >= 0.6 is 0 Å². The van der Waals surface area contributed by atoms with Gasteiger partial charge in [0.15, 0.2) is 0 Å². The van der Waals surface area contributed by atoms with Crippen LogP contribution in [0.25, 0.3) is 0 Å². The molecule has 1 heterocycles. The van der Waals surface area contributed by atoms with Crippen molar-refractivity contribution in [2.75, 3.05) is 20.2 Å². The van der Waals surface area contributed by atoms with Crippen LogP contribution in [0.4, 0.5) is 4.79 Å². The van der Waals surface area contributed by atoms with Crippen LogP contribution in [0.2, 0.25) is 0 Å². The number of carbonyl (C=O) groups is 1. The molecule has 1 atom stereocenters. The molecule has 1 unspecified atom stereocenters. The summed E-state index contributed by atoms with van der Waals surface area (Å²) < 4.78 is 10.6. The number of carbonyl (C=O) groups excluding carboxylic acids is 1. The molecule has 0 N–H and O–H groups in total. The number of hydrogen-bond donors (Lipinski definition) is 0. The summed E-state index contributed by atoms with van der Waals surface area (Å²) in [5, 5.41) is 0. The topological polar surface area (TPSA) is 38.8 Å². The first-order valence-corrected chi connectivity index (χ1v) is 5.63. The molecule has 4 heteroatoms. The summed E-state index contributed by atoms with van der Waals surface area (Å²) in [6.07, 6.45) is 3.23. The Balaban J connectivity index is 2.26. The average molecular weight is 215 g/mol. The third-order valence-electron chi connectivity index (χ3n) is 2.40. The van der Waals surface area contributed by atoms with E-state index in [1.165, 1.54) is 6.42 Å². The van der Waals surface area contributed by atoms with Crippen LogP contribution in [0.1, 0.15) is 33.1 Å². The smallest absolute Gasteiger partial charge is 0.409 e. The fourth-order valence-electron chi connectivity index (χ4n) is 1.62. The lowest BCUT2D eigenvalue weighted by Crippen LogP contribution is -2.38. The summed E-state index contributed by atoms with van der Waals surface area (Å²) in [5.74, 6) is 0. The lowest BCUT2D eigenvalue weighted by molar-refractivity contribution is -0.00491. The Morgan fingerprint density at radius 3 is 2.80 bits per heavy atom. The number of hydrogen-bond acceptors (Lipinski definition) is 3. The van der Waals surface area contributed by atoms with Crippen LogP contribution in [0, 0.1) is 0 Å². The van der Waals surface area contributed by atoms with Crippen LogP contribution in [0.3, 0.4) is 0 Å². The minimum Gasteiger partial charge on any atom is -0.447 e. The molecule has 1 saturated heterocycles. The SMILES string of the molecule is CC(C)OC(=O)N(C)CC1CCCCO1. The quantitative estimate of drug-likeness (QED) is 0.723. The summed E-state index contributed by atoms with van der Waals surface area (Å²) in [4.78, 5) is 13.1. The van der Waals surface area contributed by atoms with E-state index in [1.54, 1.807) is 11.9 Å². The van der Waals surface area contributed by atoms with Crippen LogP contribution in [0.15, 0.2) is 0 Å². The van der Waals surface area contributed by atoms with Crippen molar-refractivity contribution in [1.82, 2.24) is 4.90 Å². The van der Waals surface area contributed by atoms with Crippen molar-refractivity contribution in [2.24, 2.45) is 0 Å². The van der Waals surface area contributed by atoms with E-state index in [4.69, 9.17) is 9.47 Å². The lowest BCUT2D eigenvalue weighted by atomic mass is 10.1. The van der Waals surface area contributed by atoms with Gasteiger partial charge < -0.3 is 14.4 Å². The second-order valence-corrected chi connectivity index (χ2v) is 4.30. The molecular weight excluding hydrogens is 194 g/mol. The van der Waals surface area contributed by atoms with Gasteiger partial charge in [0.05, 0.1) is 12.2 Å². The number of nitrogens with zero attached hydrogens (tertiary/aromatic N) is 1. The maximum absolute atomic E-state index is 11.5. The molecule has 88 valence electrons. The number of ether oxygens (including phenoxy) is 2. The first-order valence-electron chi connectivity index (χ1n) is 5.63. The standard InChI is InChI=1S/C11H21NO3/c1-9(2)15-11(13)12(3)8-10-6-4-5-7-14-10/h9-10H,4-8H2,1-3H3. The molecule has 0 bridgehead atoms. The molecule has 1 aliphatic rings. The molecule has 0 aromatic heterocycles. The van der Waals surface area contributed by atoms with Crippen LogP contribution < -0.4 is 0 Å². The molecule has 1 aliphatic heterocycles. The third-order valence-corrected chi connectivity index (χ3v) is 2.40. The minimum atomic E-state index is -0.265. The molecule has 0 aliphatic carbocycles. The van der Waals surface area contributed by atoms with E-state index >= 15 is 0 Å². The highest BCUT2D eigenvalue weighted by Crippen LogP contribution is 2.13. The zero-order valence-electron chi connectivity index (χ0n) is 9.86. The number of likely N-dealkylation sites (N-methyl/N-ethyl adjacent to an activating group) is 1. The van der Waals surface area contributed by atoms with Crippen LogP contribution in [0.5, 0.6) is 0 Å². The molecule has 4 nitrogen and oxygen atoms in total. The normalized spacial score (nSPS) is 21.5. The second-order valence-electron chi connectivity index (χ2n) is 4.30. The molecule has 0 spiro atoms. The van der Waals surface area contributed by atoms with E-state index in [-0.39, 0.29) is 18.3 Å². The lowest BCUT2D eigenvalue weighted by Gasteiger charge is -2.27. The molecule has 1 rings (SSSR count). The summed E-state index contributed by atoms with van der Waals surface area (Å²) in [6.45, 7) is 5.15. The Hall–Kier alpha value is -0.770. The van der Waals surface area contributed by atoms with Crippen LogP contribution in [-0.4, -0.2) is 43.4 Å². The minimum absolute atomic E-state index is 0.0628. The van der Waals surface area contributed by atoms with E-state index in [0.29, 0.717) is 6.54 Å². The van der Waals surface area contributed by atoms with Crippen molar-refractivity contribution >= 4 is 6.09 Å². The zero-order valence-corrected chi connectivity index (χ0v) is 9.86. The maximum atomic E-state index is 11.5. The fraction of sp³-hybridized carbons (Fsp3) is 0.909. The highest BCUT2D eigenvalue weighted by molar-refractivity contribution is 5.67. The highest BCUT2D eigenvalue weighted by atomic mass is 16.6. The Kier molecular flexibility index (Phi) is 4.88. The Morgan fingerprint density at radius 1 is 1.53 bits per heavy atom. The van der Waals surface area contributed by atoms with Gasteiger partial charge in [-0.25, -0.2) is 4.79 Å². The molecule has 0 radical (unpaired) electrons. The van der Waals surface area contributed by atoms with E-state index in [1.807, 2.05) is 13.8 Å².